The van der Waals surface area contributed by atoms with Crippen LogP contribution in [0.25, 0.3) is 0 Å². The molecule has 0 amide bonds. The standard InChI is InChI=1S/C10H13NO/c11-10-3-1-2-8(6-10)9-4-5-12-7-9/h1-3,6,9H,4-5,7,11H2. The minimum Gasteiger partial charge on any atom is -0.399 e. The second-order valence-electron chi connectivity index (χ2n) is 3.23. The average molecular weight is 163 g/mol. The van der Waals surface area contributed by atoms with Crippen LogP contribution in [0.5, 0.6) is 0 Å². The molecule has 0 radical (unpaired) electrons. The second kappa shape index (κ2) is 3.15. The molecule has 0 bridgehead atoms. The number of hydrogen-bond donors (Lipinski definition) is 1. The number of hydrogen-bond acceptors (Lipinski definition) is 2. The van der Waals surface area contributed by atoms with Gasteiger partial charge in [-0.1, -0.05) is 12.1 Å². The highest BCUT2D eigenvalue weighted by Crippen LogP contribution is 2.25. The molecular weight excluding hydrogens is 150 g/mol. The Morgan fingerprint density at radius 2 is 2.33 bits per heavy atom. The van der Waals surface area contributed by atoms with E-state index in [9.17, 15) is 0 Å². The van der Waals surface area contributed by atoms with E-state index in [4.69, 9.17) is 10.5 Å². The van der Waals surface area contributed by atoms with Crippen LogP contribution < -0.4 is 5.73 Å². The predicted octanol–water partition coefficient (Wildman–Crippen LogP) is 1.77. The number of nitrogens with two attached hydrogens (primary N) is 1. The van der Waals surface area contributed by atoms with Crippen molar-refractivity contribution < 1.29 is 4.74 Å². The lowest BCUT2D eigenvalue weighted by Gasteiger charge is -2.07. The van der Waals surface area contributed by atoms with Crippen LogP contribution in [-0.4, -0.2) is 13.2 Å². The van der Waals surface area contributed by atoms with Crippen molar-refractivity contribution in [3.8, 4) is 0 Å². The Morgan fingerprint density at radius 3 is 3.00 bits per heavy atom. The molecule has 1 unspecified atom stereocenters. The molecule has 1 heterocycles. The Hall–Kier alpha value is -1.02. The first-order valence-electron chi connectivity index (χ1n) is 4.29. The van der Waals surface area contributed by atoms with Gasteiger partial charge in [-0.2, -0.15) is 0 Å². The van der Waals surface area contributed by atoms with E-state index in [1.54, 1.807) is 0 Å². The zero-order valence-electron chi connectivity index (χ0n) is 6.99. The van der Waals surface area contributed by atoms with Crippen molar-refractivity contribution in [2.45, 2.75) is 12.3 Å². The fourth-order valence-electron chi connectivity index (χ4n) is 1.61. The molecule has 0 aliphatic carbocycles. The van der Waals surface area contributed by atoms with Crippen LogP contribution in [0.1, 0.15) is 17.9 Å². The van der Waals surface area contributed by atoms with E-state index >= 15 is 0 Å². The molecule has 2 N–H and O–H groups in total. The third-order valence-electron chi connectivity index (χ3n) is 2.31. The highest BCUT2D eigenvalue weighted by atomic mass is 16.5. The summed E-state index contributed by atoms with van der Waals surface area (Å²) in [5.41, 5.74) is 7.84. The Morgan fingerprint density at radius 1 is 1.42 bits per heavy atom. The van der Waals surface area contributed by atoms with Crippen LogP contribution in [0.2, 0.25) is 0 Å². The molecule has 0 saturated carbocycles. The van der Waals surface area contributed by atoms with Crippen LogP contribution in [0.4, 0.5) is 5.69 Å². The molecular formula is C10H13NO. The van der Waals surface area contributed by atoms with Crippen molar-refractivity contribution in [1.29, 1.82) is 0 Å². The molecule has 2 heteroatoms. The van der Waals surface area contributed by atoms with Gasteiger partial charge in [0, 0.05) is 18.2 Å². The van der Waals surface area contributed by atoms with Gasteiger partial charge in [0.2, 0.25) is 0 Å². The fourth-order valence-corrected chi connectivity index (χ4v) is 1.61. The fraction of sp³-hybridized carbons (Fsp3) is 0.400. The lowest BCUT2D eigenvalue weighted by molar-refractivity contribution is 0.194. The molecule has 1 aliphatic rings. The first kappa shape index (κ1) is 7.62. The van der Waals surface area contributed by atoms with Gasteiger partial charge in [-0.25, -0.2) is 0 Å². The summed E-state index contributed by atoms with van der Waals surface area (Å²) in [6, 6.07) is 8.08. The first-order chi connectivity index (χ1) is 5.86. The SMILES string of the molecule is Nc1cccc(C2CCOC2)c1. The minimum absolute atomic E-state index is 0.563. The van der Waals surface area contributed by atoms with Gasteiger partial charge in [-0.05, 0) is 24.1 Å². The third-order valence-corrected chi connectivity index (χ3v) is 2.31. The number of benzene rings is 1. The zero-order chi connectivity index (χ0) is 8.39. The smallest absolute Gasteiger partial charge is 0.0535 e. The van der Waals surface area contributed by atoms with E-state index in [2.05, 4.69) is 6.07 Å². The van der Waals surface area contributed by atoms with Crippen LogP contribution in [-0.2, 0) is 4.74 Å². The lowest BCUT2D eigenvalue weighted by atomic mass is 9.98. The van der Waals surface area contributed by atoms with Crippen molar-refractivity contribution in [3.63, 3.8) is 0 Å². The molecule has 1 aromatic carbocycles. The van der Waals surface area contributed by atoms with Gasteiger partial charge in [0.1, 0.15) is 0 Å². The monoisotopic (exact) mass is 163 g/mol. The molecule has 1 saturated heterocycles. The van der Waals surface area contributed by atoms with Gasteiger partial charge in [-0.3, -0.25) is 0 Å². The third kappa shape index (κ3) is 1.43. The van der Waals surface area contributed by atoms with E-state index in [0.29, 0.717) is 5.92 Å². The predicted molar refractivity (Wildman–Crippen MR) is 49.0 cm³/mol. The summed E-state index contributed by atoms with van der Waals surface area (Å²) >= 11 is 0. The van der Waals surface area contributed by atoms with Crippen molar-refractivity contribution >= 4 is 5.69 Å². The summed E-state index contributed by atoms with van der Waals surface area (Å²) < 4.78 is 5.31. The molecule has 1 atom stereocenters. The molecule has 1 aliphatic heterocycles. The Labute approximate surface area is 72.3 Å². The van der Waals surface area contributed by atoms with Crippen LogP contribution in [0.15, 0.2) is 24.3 Å². The highest BCUT2D eigenvalue weighted by molar-refractivity contribution is 5.41. The van der Waals surface area contributed by atoms with Gasteiger partial charge in [-0.15, -0.1) is 0 Å². The molecule has 64 valence electrons. The summed E-state index contributed by atoms with van der Waals surface area (Å²) in [5.74, 6) is 0.563. The summed E-state index contributed by atoms with van der Waals surface area (Å²) in [6.07, 6.45) is 1.13. The van der Waals surface area contributed by atoms with E-state index in [1.165, 1.54) is 5.56 Å². The van der Waals surface area contributed by atoms with Crippen molar-refractivity contribution in [3.05, 3.63) is 29.8 Å². The lowest BCUT2D eigenvalue weighted by Crippen LogP contribution is -1.98. The molecule has 2 rings (SSSR count). The van der Waals surface area contributed by atoms with Gasteiger partial charge >= 0.3 is 0 Å². The van der Waals surface area contributed by atoms with E-state index in [1.807, 2.05) is 18.2 Å². The summed E-state index contributed by atoms with van der Waals surface area (Å²) in [7, 11) is 0. The Balaban J connectivity index is 2.21. The topological polar surface area (TPSA) is 35.2 Å². The van der Waals surface area contributed by atoms with Crippen molar-refractivity contribution in [2.24, 2.45) is 0 Å². The van der Waals surface area contributed by atoms with Gasteiger partial charge in [0.05, 0.1) is 6.61 Å². The zero-order valence-corrected chi connectivity index (χ0v) is 6.99. The highest BCUT2D eigenvalue weighted by Gasteiger charge is 2.17. The number of nitrogen functional groups attached to an aromatic ring is 1. The summed E-state index contributed by atoms with van der Waals surface area (Å²) in [4.78, 5) is 0. The minimum atomic E-state index is 0.563. The number of rotatable bonds is 1. The first-order valence-corrected chi connectivity index (χ1v) is 4.29. The van der Waals surface area contributed by atoms with Gasteiger partial charge in [0.15, 0.2) is 0 Å². The second-order valence-corrected chi connectivity index (χ2v) is 3.23. The average Bonchev–Trinajstić information content (AvgIpc) is 2.56. The number of ether oxygens (including phenoxy) is 1. The van der Waals surface area contributed by atoms with Crippen LogP contribution >= 0.6 is 0 Å². The maximum atomic E-state index is 5.69. The maximum absolute atomic E-state index is 5.69. The Kier molecular flexibility index (Phi) is 2.00. The number of anilines is 1. The molecule has 0 aromatic heterocycles. The maximum Gasteiger partial charge on any atom is 0.0535 e. The van der Waals surface area contributed by atoms with E-state index in [0.717, 1.165) is 25.3 Å². The summed E-state index contributed by atoms with van der Waals surface area (Å²) in [5, 5.41) is 0. The normalized spacial score (nSPS) is 22.8. The van der Waals surface area contributed by atoms with Crippen molar-refractivity contribution in [2.75, 3.05) is 18.9 Å². The molecule has 12 heavy (non-hydrogen) atoms. The van der Waals surface area contributed by atoms with E-state index < -0.39 is 0 Å². The van der Waals surface area contributed by atoms with E-state index in [-0.39, 0.29) is 0 Å². The van der Waals surface area contributed by atoms with Gasteiger partial charge in [0.25, 0.3) is 0 Å². The van der Waals surface area contributed by atoms with Crippen LogP contribution in [0, 0.1) is 0 Å². The largest absolute Gasteiger partial charge is 0.399 e. The van der Waals surface area contributed by atoms with Crippen LogP contribution in [0.3, 0.4) is 0 Å². The molecule has 0 spiro atoms. The molecule has 1 fully saturated rings. The quantitative estimate of drug-likeness (QED) is 0.640. The molecule has 1 aromatic rings. The van der Waals surface area contributed by atoms with Crippen molar-refractivity contribution in [1.82, 2.24) is 0 Å². The molecule has 2 nitrogen and oxygen atoms in total. The van der Waals surface area contributed by atoms with Gasteiger partial charge < -0.3 is 10.5 Å². The Bertz CT molecular complexity index is 266. The summed E-state index contributed by atoms with van der Waals surface area (Å²) in [6.45, 7) is 1.74.